The van der Waals surface area contributed by atoms with Gasteiger partial charge in [-0.1, -0.05) is 6.92 Å². The van der Waals surface area contributed by atoms with Gasteiger partial charge in [0, 0.05) is 13.1 Å². The van der Waals surface area contributed by atoms with E-state index < -0.39 is 0 Å². The predicted molar refractivity (Wildman–Crippen MR) is 67.7 cm³/mol. The smallest absolute Gasteiger partial charge is 0.241 e. The first-order valence-corrected chi connectivity index (χ1v) is 6.31. The van der Waals surface area contributed by atoms with Crippen LogP contribution in [0.25, 0.3) is 0 Å². The third-order valence-corrected chi connectivity index (χ3v) is 3.26. The lowest BCUT2D eigenvalue weighted by atomic mass is 10.1. The minimum Gasteiger partial charge on any atom is -0.367 e. The molecule has 18 heavy (non-hydrogen) atoms. The Kier molecular flexibility index (Phi) is 4.14. The molecule has 1 aliphatic heterocycles. The van der Waals surface area contributed by atoms with Gasteiger partial charge in [0.1, 0.15) is 12.9 Å². The molecule has 1 saturated heterocycles. The van der Waals surface area contributed by atoms with Crippen LogP contribution >= 0.6 is 0 Å². The summed E-state index contributed by atoms with van der Waals surface area (Å²) in [5.41, 5.74) is 5.38. The van der Waals surface area contributed by atoms with Crippen LogP contribution in [-0.4, -0.2) is 51.8 Å². The second kappa shape index (κ2) is 5.81. The SMILES string of the molecule is CCN1CCC(CNC(=O)Cn2cnc(N)n2)C1. The monoisotopic (exact) mass is 252 g/mol. The molecule has 2 heterocycles. The minimum absolute atomic E-state index is 0.0464. The molecule has 2 rings (SSSR count). The van der Waals surface area contributed by atoms with Gasteiger partial charge in [-0.3, -0.25) is 4.79 Å². The Labute approximate surface area is 106 Å². The molecule has 7 heteroatoms. The van der Waals surface area contributed by atoms with Crippen LogP contribution in [-0.2, 0) is 11.3 Å². The lowest BCUT2D eigenvalue weighted by molar-refractivity contribution is -0.122. The third kappa shape index (κ3) is 3.43. The van der Waals surface area contributed by atoms with Crippen molar-refractivity contribution in [3.8, 4) is 0 Å². The molecule has 1 aromatic heterocycles. The van der Waals surface area contributed by atoms with Crippen molar-refractivity contribution in [1.82, 2.24) is 25.0 Å². The fourth-order valence-corrected chi connectivity index (χ4v) is 2.21. The van der Waals surface area contributed by atoms with Gasteiger partial charge in [-0.2, -0.15) is 0 Å². The number of carbonyl (C=O) groups excluding carboxylic acids is 1. The standard InChI is InChI=1S/C11H20N6O/c1-2-16-4-3-9(6-16)5-13-10(18)7-17-8-14-11(12)15-17/h8-9H,2-7H2,1H3,(H2,12,15)(H,13,18). The van der Waals surface area contributed by atoms with Crippen molar-refractivity contribution >= 4 is 11.9 Å². The molecule has 100 valence electrons. The first kappa shape index (κ1) is 12.8. The number of hydrogen-bond donors (Lipinski definition) is 2. The average molecular weight is 252 g/mol. The lowest BCUT2D eigenvalue weighted by Gasteiger charge is -2.13. The summed E-state index contributed by atoms with van der Waals surface area (Å²) in [5, 5.41) is 6.80. The van der Waals surface area contributed by atoms with Crippen LogP contribution < -0.4 is 11.1 Å². The number of anilines is 1. The van der Waals surface area contributed by atoms with E-state index in [1.54, 1.807) is 0 Å². The van der Waals surface area contributed by atoms with E-state index >= 15 is 0 Å². The van der Waals surface area contributed by atoms with Crippen LogP contribution in [0.1, 0.15) is 13.3 Å². The summed E-state index contributed by atoms with van der Waals surface area (Å²) in [6.07, 6.45) is 2.62. The number of likely N-dealkylation sites (tertiary alicyclic amines) is 1. The van der Waals surface area contributed by atoms with Gasteiger partial charge in [0.25, 0.3) is 0 Å². The van der Waals surface area contributed by atoms with Crippen molar-refractivity contribution in [2.75, 3.05) is 31.9 Å². The summed E-state index contributed by atoms with van der Waals surface area (Å²) in [5.74, 6) is 0.710. The quantitative estimate of drug-likeness (QED) is 0.724. The molecule has 0 aliphatic carbocycles. The van der Waals surface area contributed by atoms with E-state index in [0.29, 0.717) is 5.92 Å². The maximum atomic E-state index is 11.7. The van der Waals surface area contributed by atoms with E-state index in [2.05, 4.69) is 27.2 Å². The van der Waals surface area contributed by atoms with Gasteiger partial charge in [0.05, 0.1) is 0 Å². The minimum atomic E-state index is -0.0464. The number of amides is 1. The first-order valence-electron chi connectivity index (χ1n) is 6.31. The first-order chi connectivity index (χ1) is 8.67. The van der Waals surface area contributed by atoms with Gasteiger partial charge in [-0.25, -0.2) is 9.67 Å². The summed E-state index contributed by atoms with van der Waals surface area (Å²) in [6, 6.07) is 0. The molecule has 0 bridgehead atoms. The Morgan fingerprint density at radius 3 is 3.11 bits per heavy atom. The highest BCUT2D eigenvalue weighted by Crippen LogP contribution is 2.14. The Hall–Kier alpha value is -1.63. The highest BCUT2D eigenvalue weighted by atomic mass is 16.2. The van der Waals surface area contributed by atoms with Crippen molar-refractivity contribution in [3.63, 3.8) is 0 Å². The summed E-state index contributed by atoms with van der Waals surface area (Å²) in [4.78, 5) is 17.8. The molecule has 1 fully saturated rings. The molecule has 0 aromatic carbocycles. The second-order valence-corrected chi connectivity index (χ2v) is 4.65. The van der Waals surface area contributed by atoms with Gasteiger partial charge in [0.2, 0.25) is 11.9 Å². The largest absolute Gasteiger partial charge is 0.367 e. The summed E-state index contributed by atoms with van der Waals surface area (Å²) in [6.45, 7) is 6.37. The van der Waals surface area contributed by atoms with Crippen LogP contribution in [0, 0.1) is 5.92 Å². The van der Waals surface area contributed by atoms with E-state index in [-0.39, 0.29) is 18.4 Å². The molecule has 0 spiro atoms. The van der Waals surface area contributed by atoms with Crippen molar-refractivity contribution in [3.05, 3.63) is 6.33 Å². The van der Waals surface area contributed by atoms with E-state index in [4.69, 9.17) is 5.73 Å². The molecular formula is C11H20N6O. The molecule has 1 amide bonds. The fraction of sp³-hybridized carbons (Fsp3) is 0.727. The van der Waals surface area contributed by atoms with Crippen molar-refractivity contribution < 1.29 is 4.79 Å². The zero-order valence-corrected chi connectivity index (χ0v) is 10.7. The lowest BCUT2D eigenvalue weighted by Crippen LogP contribution is -2.33. The number of carbonyl (C=O) groups is 1. The summed E-state index contributed by atoms with van der Waals surface area (Å²) in [7, 11) is 0. The Balaban J connectivity index is 1.69. The number of nitrogen functional groups attached to an aromatic ring is 1. The molecule has 0 saturated carbocycles. The highest BCUT2D eigenvalue weighted by molar-refractivity contribution is 5.75. The van der Waals surface area contributed by atoms with E-state index in [9.17, 15) is 4.79 Å². The predicted octanol–water partition coefficient (Wildman–Crippen LogP) is -0.682. The number of rotatable bonds is 5. The number of nitrogens with two attached hydrogens (primary N) is 1. The molecule has 1 unspecified atom stereocenters. The molecule has 1 aromatic rings. The number of nitrogens with one attached hydrogen (secondary N) is 1. The van der Waals surface area contributed by atoms with E-state index in [1.807, 2.05) is 0 Å². The number of nitrogens with zero attached hydrogens (tertiary/aromatic N) is 4. The van der Waals surface area contributed by atoms with Crippen LogP contribution in [0.3, 0.4) is 0 Å². The van der Waals surface area contributed by atoms with Gasteiger partial charge in [0.15, 0.2) is 0 Å². The molecular weight excluding hydrogens is 232 g/mol. The zero-order chi connectivity index (χ0) is 13.0. The maximum Gasteiger partial charge on any atom is 0.241 e. The van der Waals surface area contributed by atoms with Crippen LogP contribution in [0.5, 0.6) is 0 Å². The second-order valence-electron chi connectivity index (χ2n) is 4.65. The fourth-order valence-electron chi connectivity index (χ4n) is 2.21. The zero-order valence-electron chi connectivity index (χ0n) is 10.7. The maximum absolute atomic E-state index is 11.7. The van der Waals surface area contributed by atoms with Gasteiger partial charge >= 0.3 is 0 Å². The van der Waals surface area contributed by atoms with Crippen LogP contribution in [0.15, 0.2) is 6.33 Å². The van der Waals surface area contributed by atoms with Gasteiger partial charge in [-0.05, 0) is 25.4 Å². The number of aromatic nitrogens is 3. The Bertz CT molecular complexity index is 404. The van der Waals surface area contributed by atoms with Gasteiger partial charge in [-0.15, -0.1) is 5.10 Å². The summed E-state index contributed by atoms with van der Waals surface area (Å²) < 4.78 is 1.44. The van der Waals surface area contributed by atoms with Gasteiger partial charge < -0.3 is 16.0 Å². The third-order valence-electron chi connectivity index (χ3n) is 3.26. The van der Waals surface area contributed by atoms with Crippen molar-refractivity contribution in [2.24, 2.45) is 5.92 Å². The Morgan fingerprint density at radius 2 is 2.50 bits per heavy atom. The number of hydrogen-bond acceptors (Lipinski definition) is 5. The molecule has 1 aliphatic rings. The van der Waals surface area contributed by atoms with Crippen LogP contribution in [0.2, 0.25) is 0 Å². The molecule has 0 radical (unpaired) electrons. The molecule has 7 nitrogen and oxygen atoms in total. The molecule has 1 atom stereocenters. The molecule has 3 N–H and O–H groups in total. The van der Waals surface area contributed by atoms with Crippen molar-refractivity contribution in [2.45, 2.75) is 19.9 Å². The highest BCUT2D eigenvalue weighted by Gasteiger charge is 2.21. The van der Waals surface area contributed by atoms with E-state index in [1.165, 1.54) is 11.0 Å². The Morgan fingerprint density at radius 1 is 1.67 bits per heavy atom. The van der Waals surface area contributed by atoms with E-state index in [0.717, 1.165) is 32.6 Å². The normalized spacial score (nSPS) is 20.2. The van der Waals surface area contributed by atoms with Crippen molar-refractivity contribution in [1.29, 1.82) is 0 Å². The topological polar surface area (TPSA) is 89.1 Å². The average Bonchev–Trinajstić information content (AvgIpc) is 2.95. The summed E-state index contributed by atoms with van der Waals surface area (Å²) >= 11 is 0. The van der Waals surface area contributed by atoms with Crippen LogP contribution in [0.4, 0.5) is 5.95 Å².